The van der Waals surface area contributed by atoms with Gasteiger partial charge in [-0.15, -0.1) is 0 Å². The van der Waals surface area contributed by atoms with Crippen LogP contribution in [0, 0.1) is 0 Å². The van der Waals surface area contributed by atoms with Crippen molar-refractivity contribution in [2.24, 2.45) is 7.05 Å². The van der Waals surface area contributed by atoms with Gasteiger partial charge < -0.3 is 5.11 Å². The lowest BCUT2D eigenvalue weighted by Crippen LogP contribution is -1.94. The van der Waals surface area contributed by atoms with Crippen LogP contribution in [0.15, 0.2) is 48.8 Å². The molecule has 0 radical (unpaired) electrons. The van der Waals surface area contributed by atoms with Crippen molar-refractivity contribution in [3.63, 3.8) is 0 Å². The molecule has 1 aromatic carbocycles. The highest BCUT2D eigenvalue weighted by Crippen LogP contribution is 2.38. The zero-order valence-electron chi connectivity index (χ0n) is 12.1. The fraction of sp³-hybridized carbons (Fsp3) is 0.176. The van der Waals surface area contributed by atoms with Crippen molar-refractivity contribution in [3.8, 4) is 28.1 Å². The number of rotatable bonds is 3. The lowest BCUT2D eigenvalue weighted by Gasteiger charge is -2.09. The van der Waals surface area contributed by atoms with Gasteiger partial charge in [-0.05, 0) is 24.6 Å². The molecule has 0 amide bonds. The van der Waals surface area contributed by atoms with Gasteiger partial charge in [0.1, 0.15) is 5.75 Å². The number of aromatic nitrogens is 3. The minimum absolute atomic E-state index is 0.274. The second-order valence-corrected chi connectivity index (χ2v) is 4.90. The standard InChI is InChI=1S/C17H17N3O/c1-3-14-16(13-6-4-5-7-15(13)21)17(20(2)19-14)12-8-10-18-11-9-12/h4-11,21H,3H2,1-2H3. The van der Waals surface area contributed by atoms with Gasteiger partial charge >= 0.3 is 0 Å². The zero-order chi connectivity index (χ0) is 14.8. The van der Waals surface area contributed by atoms with Gasteiger partial charge in [-0.3, -0.25) is 9.67 Å². The van der Waals surface area contributed by atoms with E-state index in [1.807, 2.05) is 42.1 Å². The van der Waals surface area contributed by atoms with Crippen molar-refractivity contribution in [2.45, 2.75) is 13.3 Å². The van der Waals surface area contributed by atoms with Crippen LogP contribution in [0.3, 0.4) is 0 Å². The summed E-state index contributed by atoms with van der Waals surface area (Å²) in [6, 6.07) is 11.3. The minimum Gasteiger partial charge on any atom is -0.507 e. The Labute approximate surface area is 123 Å². The quantitative estimate of drug-likeness (QED) is 0.799. The first kappa shape index (κ1) is 13.4. The second kappa shape index (κ2) is 5.40. The van der Waals surface area contributed by atoms with E-state index in [1.54, 1.807) is 18.5 Å². The number of nitrogens with zero attached hydrogens (tertiary/aromatic N) is 3. The van der Waals surface area contributed by atoms with Crippen LogP contribution in [0.25, 0.3) is 22.4 Å². The summed E-state index contributed by atoms with van der Waals surface area (Å²) in [5, 5.41) is 14.8. The molecule has 0 atom stereocenters. The molecule has 4 heteroatoms. The fourth-order valence-electron chi connectivity index (χ4n) is 2.64. The van der Waals surface area contributed by atoms with E-state index in [0.29, 0.717) is 0 Å². The Hall–Kier alpha value is -2.62. The number of aromatic hydroxyl groups is 1. The molecule has 0 bridgehead atoms. The maximum atomic E-state index is 10.2. The van der Waals surface area contributed by atoms with E-state index in [4.69, 9.17) is 0 Å². The first-order valence-corrected chi connectivity index (χ1v) is 6.97. The molecule has 0 aliphatic carbocycles. The van der Waals surface area contributed by atoms with E-state index >= 15 is 0 Å². The Balaban J connectivity index is 2.31. The molecule has 3 aromatic rings. The van der Waals surface area contributed by atoms with Gasteiger partial charge in [0.25, 0.3) is 0 Å². The Kier molecular flexibility index (Phi) is 3.44. The van der Waals surface area contributed by atoms with Gasteiger partial charge in [-0.2, -0.15) is 5.10 Å². The highest BCUT2D eigenvalue weighted by molar-refractivity contribution is 5.85. The van der Waals surface area contributed by atoms with E-state index in [9.17, 15) is 5.11 Å². The van der Waals surface area contributed by atoms with Crippen LogP contribution in [0.2, 0.25) is 0 Å². The highest BCUT2D eigenvalue weighted by Gasteiger charge is 2.20. The number of phenolic OH excluding ortho intramolecular Hbond substituents is 1. The van der Waals surface area contributed by atoms with E-state index in [0.717, 1.165) is 34.5 Å². The molecule has 21 heavy (non-hydrogen) atoms. The number of aryl methyl sites for hydroxylation is 2. The van der Waals surface area contributed by atoms with Crippen LogP contribution in [-0.2, 0) is 13.5 Å². The van der Waals surface area contributed by atoms with E-state index < -0.39 is 0 Å². The maximum absolute atomic E-state index is 10.2. The largest absolute Gasteiger partial charge is 0.507 e. The Morgan fingerprint density at radius 3 is 2.48 bits per heavy atom. The number of phenols is 1. The molecule has 0 aliphatic rings. The fourth-order valence-corrected chi connectivity index (χ4v) is 2.64. The molecule has 0 saturated heterocycles. The molecule has 1 N–H and O–H groups in total. The van der Waals surface area contributed by atoms with Gasteiger partial charge in [-0.25, -0.2) is 0 Å². The van der Waals surface area contributed by atoms with Crippen molar-refractivity contribution in [3.05, 3.63) is 54.5 Å². The van der Waals surface area contributed by atoms with Crippen LogP contribution < -0.4 is 0 Å². The molecule has 2 heterocycles. The third kappa shape index (κ3) is 2.29. The summed E-state index contributed by atoms with van der Waals surface area (Å²) < 4.78 is 1.87. The van der Waals surface area contributed by atoms with Crippen LogP contribution in [0.1, 0.15) is 12.6 Å². The third-order valence-corrected chi connectivity index (χ3v) is 3.58. The molecular weight excluding hydrogens is 262 g/mol. The number of benzene rings is 1. The summed E-state index contributed by atoms with van der Waals surface area (Å²) in [5.41, 5.74) is 4.82. The van der Waals surface area contributed by atoms with Gasteiger partial charge in [0.2, 0.25) is 0 Å². The molecule has 0 unspecified atom stereocenters. The van der Waals surface area contributed by atoms with Crippen LogP contribution in [0.4, 0.5) is 0 Å². The first-order valence-electron chi connectivity index (χ1n) is 6.97. The molecule has 2 aromatic heterocycles. The number of pyridine rings is 1. The van der Waals surface area contributed by atoms with Crippen LogP contribution in [0.5, 0.6) is 5.75 Å². The molecule has 3 rings (SSSR count). The average Bonchev–Trinajstić information content (AvgIpc) is 2.85. The second-order valence-electron chi connectivity index (χ2n) is 4.90. The maximum Gasteiger partial charge on any atom is 0.123 e. The number of hydrogen-bond donors (Lipinski definition) is 1. The zero-order valence-corrected chi connectivity index (χ0v) is 12.1. The Morgan fingerprint density at radius 1 is 1.10 bits per heavy atom. The SMILES string of the molecule is CCc1nn(C)c(-c2ccncc2)c1-c1ccccc1O. The topological polar surface area (TPSA) is 50.9 Å². The first-order chi connectivity index (χ1) is 10.2. The van der Waals surface area contributed by atoms with E-state index in [1.165, 1.54) is 0 Å². The average molecular weight is 279 g/mol. The predicted octanol–water partition coefficient (Wildman–Crippen LogP) is 3.42. The molecular formula is C17H17N3O. The van der Waals surface area contributed by atoms with Crippen molar-refractivity contribution in [1.82, 2.24) is 14.8 Å². The summed E-state index contributed by atoms with van der Waals surface area (Å²) in [6.07, 6.45) is 4.34. The molecule has 106 valence electrons. The number of hydrogen-bond acceptors (Lipinski definition) is 3. The van der Waals surface area contributed by atoms with Crippen molar-refractivity contribution in [2.75, 3.05) is 0 Å². The monoisotopic (exact) mass is 279 g/mol. The molecule has 0 spiro atoms. The lowest BCUT2D eigenvalue weighted by atomic mass is 9.97. The van der Waals surface area contributed by atoms with E-state index in [-0.39, 0.29) is 5.75 Å². The van der Waals surface area contributed by atoms with E-state index in [2.05, 4.69) is 17.0 Å². The Bertz CT molecular complexity index is 763. The third-order valence-electron chi connectivity index (χ3n) is 3.58. The van der Waals surface area contributed by atoms with Crippen molar-refractivity contribution >= 4 is 0 Å². The molecule has 4 nitrogen and oxygen atoms in total. The summed E-state index contributed by atoms with van der Waals surface area (Å²) >= 11 is 0. The number of para-hydroxylation sites is 1. The lowest BCUT2D eigenvalue weighted by molar-refractivity contribution is 0.477. The molecule has 0 aliphatic heterocycles. The highest BCUT2D eigenvalue weighted by atomic mass is 16.3. The van der Waals surface area contributed by atoms with Crippen molar-refractivity contribution < 1.29 is 5.11 Å². The van der Waals surface area contributed by atoms with Gasteiger partial charge in [0.15, 0.2) is 0 Å². The normalized spacial score (nSPS) is 10.8. The smallest absolute Gasteiger partial charge is 0.123 e. The molecule has 0 saturated carbocycles. The summed E-state index contributed by atoms with van der Waals surface area (Å²) in [6.45, 7) is 2.07. The van der Waals surface area contributed by atoms with Crippen LogP contribution in [-0.4, -0.2) is 19.9 Å². The van der Waals surface area contributed by atoms with Gasteiger partial charge in [0, 0.05) is 36.1 Å². The van der Waals surface area contributed by atoms with Gasteiger partial charge in [-0.1, -0.05) is 25.1 Å². The molecule has 0 fully saturated rings. The summed E-state index contributed by atoms with van der Waals surface area (Å²) in [4.78, 5) is 4.07. The van der Waals surface area contributed by atoms with Crippen molar-refractivity contribution in [1.29, 1.82) is 0 Å². The minimum atomic E-state index is 0.274. The van der Waals surface area contributed by atoms with Crippen LogP contribution >= 0.6 is 0 Å². The van der Waals surface area contributed by atoms with Gasteiger partial charge in [0.05, 0.1) is 11.4 Å². The predicted molar refractivity (Wildman–Crippen MR) is 82.9 cm³/mol. The summed E-state index contributed by atoms with van der Waals surface area (Å²) in [5.74, 6) is 0.274. The summed E-state index contributed by atoms with van der Waals surface area (Å²) in [7, 11) is 1.93. The Morgan fingerprint density at radius 2 is 1.81 bits per heavy atom.